The van der Waals surface area contributed by atoms with Gasteiger partial charge in [0.15, 0.2) is 5.82 Å². The Hall–Kier alpha value is -1.62. The lowest BCUT2D eigenvalue weighted by molar-refractivity contribution is 0.375. The molecule has 0 spiro atoms. The minimum atomic E-state index is -0.721. The number of hydrogen-bond donors (Lipinski definition) is 0. The van der Waals surface area contributed by atoms with Gasteiger partial charge < -0.3 is 4.42 Å². The Balaban J connectivity index is 2.58. The second-order valence-corrected chi connectivity index (χ2v) is 5.37. The van der Waals surface area contributed by atoms with E-state index in [1.807, 2.05) is 20.8 Å². The summed E-state index contributed by atoms with van der Waals surface area (Å²) in [6.07, 6.45) is 0. The van der Waals surface area contributed by atoms with Gasteiger partial charge in [0, 0.05) is 10.4 Å². The number of benzene rings is 1. The third-order valence-corrected chi connectivity index (χ3v) is 2.56. The lowest BCUT2D eigenvalue weighted by Gasteiger charge is -2.10. The fourth-order valence-electron chi connectivity index (χ4n) is 1.39. The Bertz CT molecular complexity index is 640. The van der Waals surface area contributed by atoms with Crippen molar-refractivity contribution in [2.45, 2.75) is 26.2 Å². The molecule has 96 valence electrons. The van der Waals surface area contributed by atoms with Gasteiger partial charge in [0.25, 0.3) is 0 Å². The molecule has 0 atom stereocenters. The van der Waals surface area contributed by atoms with Gasteiger partial charge >= 0.3 is 5.76 Å². The summed E-state index contributed by atoms with van der Waals surface area (Å²) in [6, 6.07) is 3.99. The van der Waals surface area contributed by atoms with Crippen molar-refractivity contribution in [2.75, 3.05) is 0 Å². The van der Waals surface area contributed by atoms with Crippen LogP contribution >= 0.6 is 11.6 Å². The lowest BCUT2D eigenvalue weighted by atomic mass is 9.97. The third kappa shape index (κ3) is 2.31. The smallest absolute Gasteiger partial charge is 0.391 e. The van der Waals surface area contributed by atoms with Gasteiger partial charge in [-0.15, -0.1) is 5.10 Å². The molecule has 4 nitrogen and oxygen atoms in total. The van der Waals surface area contributed by atoms with Gasteiger partial charge in [-0.05, 0) is 18.2 Å². The van der Waals surface area contributed by atoms with Crippen LogP contribution in [0.5, 0.6) is 0 Å². The molecule has 0 saturated carbocycles. The average molecular weight is 271 g/mol. The van der Waals surface area contributed by atoms with E-state index in [2.05, 4.69) is 5.10 Å². The first-order chi connectivity index (χ1) is 8.29. The standard InChI is InChI=1S/C12H12ClFN2O2/c1-12(2,3)10-15-16(11(17)18-10)9-5-4-7(13)6-8(9)14/h4-6H,1-3H3. The maximum Gasteiger partial charge on any atom is 0.442 e. The minimum absolute atomic E-state index is 0.0173. The zero-order valence-corrected chi connectivity index (χ0v) is 11.0. The average Bonchev–Trinajstić information content (AvgIpc) is 2.60. The van der Waals surface area contributed by atoms with Crippen LogP contribution in [0.3, 0.4) is 0 Å². The molecular weight excluding hydrogens is 259 g/mol. The normalized spacial score (nSPS) is 11.8. The Kier molecular flexibility index (Phi) is 3.02. The van der Waals surface area contributed by atoms with Crippen LogP contribution in [-0.2, 0) is 5.41 Å². The molecule has 0 unspecified atom stereocenters. The predicted molar refractivity (Wildman–Crippen MR) is 65.8 cm³/mol. The van der Waals surface area contributed by atoms with E-state index in [-0.39, 0.29) is 16.6 Å². The summed E-state index contributed by atoms with van der Waals surface area (Å²) in [5.74, 6) is -1.10. The van der Waals surface area contributed by atoms with E-state index in [4.69, 9.17) is 16.0 Å². The van der Waals surface area contributed by atoms with Gasteiger partial charge in [-0.3, -0.25) is 0 Å². The zero-order chi connectivity index (χ0) is 13.5. The summed E-state index contributed by atoms with van der Waals surface area (Å²) < 4.78 is 19.6. The second kappa shape index (κ2) is 4.24. The van der Waals surface area contributed by atoms with Crippen molar-refractivity contribution >= 4 is 11.6 Å². The Morgan fingerprint density at radius 2 is 2.06 bits per heavy atom. The fraction of sp³-hybridized carbons (Fsp3) is 0.333. The number of rotatable bonds is 1. The summed E-state index contributed by atoms with van der Waals surface area (Å²) >= 11 is 5.65. The van der Waals surface area contributed by atoms with Crippen molar-refractivity contribution in [1.82, 2.24) is 9.78 Å². The van der Waals surface area contributed by atoms with Crippen LogP contribution < -0.4 is 5.76 Å². The summed E-state index contributed by atoms with van der Waals surface area (Å²) in [4.78, 5) is 11.7. The monoisotopic (exact) mass is 270 g/mol. The Labute approximate surface area is 108 Å². The molecule has 0 fully saturated rings. The largest absolute Gasteiger partial charge is 0.442 e. The molecule has 1 heterocycles. The molecule has 6 heteroatoms. The van der Waals surface area contributed by atoms with Crippen LogP contribution in [0.15, 0.2) is 27.4 Å². The van der Waals surface area contributed by atoms with Gasteiger partial charge in [0.1, 0.15) is 5.69 Å². The lowest BCUT2D eigenvalue weighted by Crippen LogP contribution is -2.15. The second-order valence-electron chi connectivity index (χ2n) is 4.93. The fourth-order valence-corrected chi connectivity index (χ4v) is 1.55. The van der Waals surface area contributed by atoms with E-state index < -0.39 is 17.0 Å². The number of halogens is 2. The van der Waals surface area contributed by atoms with Crippen LogP contribution in [0, 0.1) is 5.82 Å². The maximum atomic E-state index is 13.7. The molecule has 0 amide bonds. The first-order valence-corrected chi connectivity index (χ1v) is 5.73. The molecule has 0 saturated heterocycles. The van der Waals surface area contributed by atoms with Gasteiger partial charge in [-0.25, -0.2) is 9.18 Å². The van der Waals surface area contributed by atoms with Crippen molar-refractivity contribution < 1.29 is 8.81 Å². The Morgan fingerprint density at radius 3 is 2.56 bits per heavy atom. The summed E-state index contributed by atoms with van der Waals surface area (Å²) in [6.45, 7) is 5.54. The van der Waals surface area contributed by atoms with E-state index in [9.17, 15) is 9.18 Å². The predicted octanol–water partition coefficient (Wildman–Crippen LogP) is 2.92. The van der Waals surface area contributed by atoms with Gasteiger partial charge in [-0.2, -0.15) is 4.68 Å². The van der Waals surface area contributed by atoms with E-state index in [1.165, 1.54) is 12.1 Å². The van der Waals surface area contributed by atoms with Crippen molar-refractivity contribution in [3.05, 3.63) is 45.5 Å². The quantitative estimate of drug-likeness (QED) is 0.800. The van der Waals surface area contributed by atoms with Crippen molar-refractivity contribution in [1.29, 1.82) is 0 Å². The molecule has 0 aliphatic rings. The SMILES string of the molecule is CC(C)(C)c1nn(-c2ccc(Cl)cc2F)c(=O)o1. The summed E-state index contributed by atoms with van der Waals surface area (Å²) in [5.41, 5.74) is -0.406. The van der Waals surface area contributed by atoms with Crippen LogP contribution in [0.2, 0.25) is 5.02 Å². The number of aromatic nitrogens is 2. The molecule has 0 radical (unpaired) electrons. The summed E-state index contributed by atoms with van der Waals surface area (Å²) in [7, 11) is 0. The third-order valence-electron chi connectivity index (χ3n) is 2.33. The van der Waals surface area contributed by atoms with Crippen molar-refractivity contribution in [2.24, 2.45) is 0 Å². The molecule has 18 heavy (non-hydrogen) atoms. The highest BCUT2D eigenvalue weighted by atomic mass is 35.5. The van der Waals surface area contributed by atoms with E-state index >= 15 is 0 Å². The van der Waals surface area contributed by atoms with Gasteiger partial charge in [-0.1, -0.05) is 32.4 Å². The minimum Gasteiger partial charge on any atom is -0.391 e. The maximum absolute atomic E-state index is 13.7. The highest BCUT2D eigenvalue weighted by Gasteiger charge is 2.23. The highest BCUT2D eigenvalue weighted by Crippen LogP contribution is 2.21. The molecule has 1 aromatic heterocycles. The van der Waals surface area contributed by atoms with Crippen LogP contribution in [-0.4, -0.2) is 9.78 Å². The van der Waals surface area contributed by atoms with E-state index in [0.29, 0.717) is 0 Å². The van der Waals surface area contributed by atoms with Crippen LogP contribution in [0.4, 0.5) is 4.39 Å². The van der Waals surface area contributed by atoms with Gasteiger partial charge in [0.2, 0.25) is 5.89 Å². The highest BCUT2D eigenvalue weighted by molar-refractivity contribution is 6.30. The van der Waals surface area contributed by atoms with Crippen molar-refractivity contribution in [3.8, 4) is 5.69 Å². The summed E-state index contributed by atoms with van der Waals surface area (Å²) in [5, 5.41) is 4.25. The molecule has 2 rings (SSSR count). The molecular formula is C12H12ClFN2O2. The van der Waals surface area contributed by atoms with Crippen molar-refractivity contribution in [3.63, 3.8) is 0 Å². The first-order valence-electron chi connectivity index (χ1n) is 5.35. The number of hydrogen-bond acceptors (Lipinski definition) is 3. The van der Waals surface area contributed by atoms with E-state index in [1.54, 1.807) is 0 Å². The van der Waals surface area contributed by atoms with Crippen LogP contribution in [0.25, 0.3) is 5.69 Å². The van der Waals surface area contributed by atoms with Gasteiger partial charge in [0.05, 0.1) is 0 Å². The molecule has 1 aromatic carbocycles. The molecule has 0 bridgehead atoms. The molecule has 0 aliphatic carbocycles. The first kappa shape index (κ1) is 12.8. The molecule has 0 N–H and O–H groups in total. The number of nitrogens with zero attached hydrogens (tertiary/aromatic N) is 2. The molecule has 2 aromatic rings. The van der Waals surface area contributed by atoms with E-state index in [0.717, 1.165) is 10.7 Å². The molecule has 0 aliphatic heterocycles. The zero-order valence-electron chi connectivity index (χ0n) is 10.2. The topological polar surface area (TPSA) is 48.0 Å². The Morgan fingerprint density at radius 1 is 1.39 bits per heavy atom. The van der Waals surface area contributed by atoms with Crippen LogP contribution in [0.1, 0.15) is 26.7 Å².